The third-order valence-corrected chi connectivity index (χ3v) is 14.4. The third-order valence-electron chi connectivity index (χ3n) is 14.4. The Kier molecular flexibility index (Phi) is 10.6. The van der Waals surface area contributed by atoms with Gasteiger partial charge in [-0.15, -0.1) is 0 Å². The highest BCUT2D eigenvalue weighted by Gasteiger charge is 2.65. The maximum absolute atomic E-state index is 14.4. The Labute approximate surface area is 318 Å². The minimum absolute atomic E-state index is 0.133. The summed E-state index contributed by atoms with van der Waals surface area (Å²) in [5.74, 6) is -3.97. The van der Waals surface area contributed by atoms with Crippen LogP contribution in [0.4, 0.5) is 9.59 Å². The number of amides is 6. The second kappa shape index (κ2) is 13.9. The summed E-state index contributed by atoms with van der Waals surface area (Å²) in [4.78, 5) is 83.6. The molecule has 14 heteroatoms. The van der Waals surface area contributed by atoms with Gasteiger partial charge in [0.25, 0.3) is 11.8 Å². The fourth-order valence-electron chi connectivity index (χ4n) is 10.2. The van der Waals surface area contributed by atoms with Crippen LogP contribution >= 0.6 is 0 Å². The molecule has 0 aliphatic carbocycles. The molecule has 2 spiro atoms. The van der Waals surface area contributed by atoms with Crippen molar-refractivity contribution < 1.29 is 39.0 Å². The Morgan fingerprint density at radius 2 is 0.981 bits per heavy atom. The molecule has 14 nitrogen and oxygen atoms in total. The van der Waals surface area contributed by atoms with Gasteiger partial charge in [-0.2, -0.15) is 0 Å². The van der Waals surface area contributed by atoms with Crippen molar-refractivity contribution in [3.63, 3.8) is 0 Å². The standard InChI is InChI=1S/C40H60N6O8/c1-11-35(7)21-39(23(5)37(9,13-3)43-35)31(51)45(33(53)41-39)19-17-25-26(28(30(49)50)16-15-27(25)29(47)48)18-20-46-32(52)40(42-34(46)54)22-36(8,12-2)44-38(10,14-4)24(40)6/h15-16,23-24,43-44H,11-14,17-22H2,1-10H3,(H,41,53)(H,42,54)(H,47,48)(H,49,50). The van der Waals surface area contributed by atoms with Crippen LogP contribution in [0.3, 0.4) is 0 Å². The number of carboxylic acid groups (broad SMARTS) is 2. The Bertz CT molecular complexity index is 1640. The van der Waals surface area contributed by atoms with Gasteiger partial charge >= 0.3 is 24.0 Å². The topological polar surface area (TPSA) is 197 Å². The minimum Gasteiger partial charge on any atom is -0.478 e. The van der Waals surface area contributed by atoms with Crippen molar-refractivity contribution in [3.05, 3.63) is 34.4 Å². The van der Waals surface area contributed by atoms with Gasteiger partial charge in [-0.1, -0.05) is 41.5 Å². The summed E-state index contributed by atoms with van der Waals surface area (Å²) in [5.41, 5.74) is -4.28. The van der Waals surface area contributed by atoms with Gasteiger partial charge in [0.2, 0.25) is 0 Å². The molecule has 4 fully saturated rings. The van der Waals surface area contributed by atoms with Crippen LogP contribution in [0.1, 0.15) is 140 Å². The smallest absolute Gasteiger partial charge is 0.335 e. The lowest BCUT2D eigenvalue weighted by atomic mass is 9.61. The van der Waals surface area contributed by atoms with Crippen LogP contribution < -0.4 is 21.3 Å². The van der Waals surface area contributed by atoms with E-state index in [1.807, 2.05) is 55.4 Å². The fraction of sp³-hybridized carbons (Fsp3) is 0.700. The molecule has 0 radical (unpaired) electrons. The maximum Gasteiger partial charge on any atom is 0.335 e. The van der Waals surface area contributed by atoms with Crippen LogP contribution in [0.2, 0.25) is 0 Å². The van der Waals surface area contributed by atoms with E-state index in [1.165, 1.54) is 12.1 Å². The first-order valence-electron chi connectivity index (χ1n) is 19.5. The minimum atomic E-state index is -1.31. The van der Waals surface area contributed by atoms with Crippen LogP contribution in [-0.2, 0) is 22.4 Å². The Morgan fingerprint density at radius 1 is 0.648 bits per heavy atom. The van der Waals surface area contributed by atoms with Crippen LogP contribution in [0.5, 0.6) is 0 Å². The summed E-state index contributed by atoms with van der Waals surface area (Å²) in [6, 6.07) is 1.25. The van der Waals surface area contributed by atoms with Crippen molar-refractivity contribution in [2.45, 2.75) is 154 Å². The first kappa shape index (κ1) is 41.1. The number of imide groups is 2. The zero-order chi connectivity index (χ0) is 40.4. The van der Waals surface area contributed by atoms with Crippen LogP contribution in [0.25, 0.3) is 0 Å². The van der Waals surface area contributed by atoms with E-state index in [9.17, 15) is 39.0 Å². The quantitative estimate of drug-likeness (QED) is 0.163. The van der Waals surface area contributed by atoms with Crippen molar-refractivity contribution in [2.75, 3.05) is 13.1 Å². The maximum atomic E-state index is 14.4. The first-order chi connectivity index (χ1) is 25.0. The van der Waals surface area contributed by atoms with Crippen molar-refractivity contribution >= 4 is 35.8 Å². The van der Waals surface area contributed by atoms with Gasteiger partial charge in [0.1, 0.15) is 11.1 Å². The second-order valence-electron chi connectivity index (χ2n) is 17.4. The number of hydrogen-bond acceptors (Lipinski definition) is 8. The number of hydrogen-bond donors (Lipinski definition) is 6. The molecule has 1 aromatic carbocycles. The molecule has 0 bridgehead atoms. The summed E-state index contributed by atoms with van der Waals surface area (Å²) in [7, 11) is 0. The number of carboxylic acids is 2. The molecule has 0 aromatic heterocycles. The van der Waals surface area contributed by atoms with Gasteiger partial charge in [-0.25, -0.2) is 19.2 Å². The zero-order valence-electron chi connectivity index (χ0n) is 33.6. The lowest BCUT2D eigenvalue weighted by Gasteiger charge is -2.56. The van der Waals surface area contributed by atoms with Crippen LogP contribution in [-0.4, -0.2) is 102 Å². The fourth-order valence-corrected chi connectivity index (χ4v) is 10.2. The number of urea groups is 2. The van der Waals surface area contributed by atoms with Gasteiger partial charge in [-0.05, 0) is 102 Å². The molecule has 6 amide bonds. The summed E-state index contributed by atoms with van der Waals surface area (Å²) in [6.45, 7) is 19.9. The zero-order valence-corrected chi connectivity index (χ0v) is 33.6. The summed E-state index contributed by atoms with van der Waals surface area (Å²) >= 11 is 0. The van der Waals surface area contributed by atoms with E-state index in [-0.39, 0.29) is 60.0 Å². The molecule has 5 rings (SSSR count). The molecule has 6 N–H and O–H groups in total. The van der Waals surface area contributed by atoms with Crippen molar-refractivity contribution in [3.8, 4) is 0 Å². The van der Waals surface area contributed by atoms with Crippen LogP contribution in [0, 0.1) is 11.8 Å². The summed E-state index contributed by atoms with van der Waals surface area (Å²) < 4.78 is 0. The SMILES string of the molecule is CCC1(C)CC2(NC(=O)N(CCc3c(C(=O)O)ccc(C(=O)O)c3CCN3C(=O)NC4(CC(C)(CC)NC(C)(CC)C4C)C3=O)C2=O)C(C)C(C)(CC)N1. The Balaban J connectivity index is 1.47. The first-order valence-corrected chi connectivity index (χ1v) is 19.5. The molecule has 8 unspecified atom stereocenters. The van der Waals surface area contributed by atoms with E-state index in [0.29, 0.717) is 25.7 Å². The Morgan fingerprint density at radius 3 is 1.26 bits per heavy atom. The van der Waals surface area contributed by atoms with E-state index >= 15 is 0 Å². The molecule has 54 heavy (non-hydrogen) atoms. The van der Waals surface area contributed by atoms with Gasteiger partial charge in [0.15, 0.2) is 0 Å². The normalized spacial score (nSPS) is 36.6. The monoisotopic (exact) mass is 752 g/mol. The van der Waals surface area contributed by atoms with Gasteiger partial charge in [0.05, 0.1) is 11.1 Å². The number of nitrogens with zero attached hydrogens (tertiary/aromatic N) is 2. The number of benzene rings is 1. The molecular formula is C40H60N6O8. The van der Waals surface area contributed by atoms with Gasteiger partial charge in [-0.3, -0.25) is 19.4 Å². The van der Waals surface area contributed by atoms with Crippen molar-refractivity contribution in [1.82, 2.24) is 31.1 Å². The molecule has 8 atom stereocenters. The molecular weight excluding hydrogens is 692 g/mol. The van der Waals surface area contributed by atoms with Crippen LogP contribution in [0.15, 0.2) is 12.1 Å². The van der Waals surface area contributed by atoms with Crippen molar-refractivity contribution in [1.29, 1.82) is 0 Å². The largest absolute Gasteiger partial charge is 0.478 e. The second-order valence-corrected chi connectivity index (χ2v) is 17.4. The number of carbonyl (C=O) groups excluding carboxylic acids is 4. The number of aromatic carboxylic acids is 2. The molecule has 4 aliphatic rings. The highest BCUT2D eigenvalue weighted by atomic mass is 16.4. The molecule has 1 aromatic rings. The van der Waals surface area contributed by atoms with E-state index in [0.717, 1.165) is 22.6 Å². The number of carbonyl (C=O) groups is 6. The number of rotatable bonds is 12. The summed E-state index contributed by atoms with van der Waals surface area (Å²) in [6.07, 6.45) is 3.31. The number of piperidine rings is 2. The molecule has 298 valence electrons. The third kappa shape index (κ3) is 6.36. The average molecular weight is 753 g/mol. The van der Waals surface area contributed by atoms with E-state index in [1.54, 1.807) is 0 Å². The van der Waals surface area contributed by atoms with E-state index in [4.69, 9.17) is 0 Å². The van der Waals surface area contributed by atoms with Gasteiger partial charge < -0.3 is 31.5 Å². The van der Waals surface area contributed by atoms with Gasteiger partial charge in [0, 0.05) is 47.1 Å². The highest BCUT2D eigenvalue weighted by molar-refractivity contribution is 6.08. The molecule has 4 heterocycles. The average Bonchev–Trinajstić information content (AvgIpc) is 3.49. The van der Waals surface area contributed by atoms with Crippen molar-refractivity contribution in [2.24, 2.45) is 11.8 Å². The van der Waals surface area contributed by atoms with E-state index in [2.05, 4.69) is 35.1 Å². The molecule has 4 saturated heterocycles. The lowest BCUT2D eigenvalue weighted by molar-refractivity contribution is -0.139. The molecule has 4 aliphatic heterocycles. The van der Waals surface area contributed by atoms with E-state index < -0.39 is 69.0 Å². The summed E-state index contributed by atoms with van der Waals surface area (Å²) in [5, 5.41) is 34.1. The lowest BCUT2D eigenvalue weighted by Crippen LogP contribution is -2.74. The molecule has 0 saturated carbocycles. The Hall–Kier alpha value is -4.04. The highest BCUT2D eigenvalue weighted by Crippen LogP contribution is 2.48. The predicted octanol–water partition coefficient (Wildman–Crippen LogP) is 4.68. The number of nitrogens with one attached hydrogen (secondary N) is 4. The predicted molar refractivity (Wildman–Crippen MR) is 202 cm³/mol.